The minimum Gasteiger partial charge on any atom is -0.465 e. The molecule has 0 aliphatic heterocycles. The molecule has 9 heteroatoms. The van der Waals surface area contributed by atoms with E-state index in [-0.39, 0.29) is 23.7 Å². The minimum absolute atomic E-state index is 0.0834. The maximum atomic E-state index is 11.6. The van der Waals surface area contributed by atoms with Crippen molar-refractivity contribution in [3.05, 3.63) is 5.56 Å². The van der Waals surface area contributed by atoms with Crippen molar-refractivity contribution in [2.24, 2.45) is 0 Å². The molecule has 1 heterocycles. The summed E-state index contributed by atoms with van der Waals surface area (Å²) in [5, 5.41) is 6.97. The van der Waals surface area contributed by atoms with Crippen LogP contribution in [0.15, 0.2) is 0 Å². The molecule has 0 radical (unpaired) electrons. The van der Waals surface area contributed by atoms with E-state index in [9.17, 15) is 13.2 Å². The number of aryl methyl sites for hydroxylation is 1. The van der Waals surface area contributed by atoms with Crippen LogP contribution in [-0.2, 0) is 21.1 Å². The zero-order chi connectivity index (χ0) is 14.6. The van der Waals surface area contributed by atoms with Gasteiger partial charge in [0.25, 0.3) is 0 Å². The summed E-state index contributed by atoms with van der Waals surface area (Å²) < 4.78 is 28.2. The molecule has 8 nitrogen and oxygen atoms in total. The third kappa shape index (κ3) is 3.85. The Bertz CT molecular complexity index is 564. The van der Waals surface area contributed by atoms with Crippen LogP contribution in [0.2, 0.25) is 0 Å². The molecular formula is C10H18N4O4S. The summed E-state index contributed by atoms with van der Waals surface area (Å²) in [6.45, 7) is 2.47. The second-order valence-electron chi connectivity index (χ2n) is 3.98. The number of rotatable bonds is 6. The van der Waals surface area contributed by atoms with E-state index in [1.807, 2.05) is 6.92 Å². The van der Waals surface area contributed by atoms with Crippen LogP contribution in [-0.4, -0.2) is 49.8 Å². The average molecular weight is 290 g/mol. The summed E-state index contributed by atoms with van der Waals surface area (Å²) in [5.41, 5.74) is 5.93. The third-order valence-electron chi connectivity index (χ3n) is 2.40. The van der Waals surface area contributed by atoms with Gasteiger partial charge in [-0.2, -0.15) is 5.10 Å². The van der Waals surface area contributed by atoms with Gasteiger partial charge in [-0.25, -0.2) is 17.9 Å². The van der Waals surface area contributed by atoms with Crippen LogP contribution in [0.1, 0.15) is 17.3 Å². The number of carbonyl (C=O) groups is 1. The molecule has 3 N–H and O–H groups in total. The number of aromatic nitrogens is 2. The molecule has 0 saturated heterocycles. The maximum Gasteiger partial charge on any atom is 0.345 e. The standard InChI is InChI=1S/C10H18N4O4S/c1-4-12-9-7(10(15)18-2)8(11)14(13-9)5-6-19(3,16)17/h4-6,11H2,1-3H3,(H,12,13). The molecule has 108 valence electrons. The Balaban J connectivity index is 3.10. The van der Waals surface area contributed by atoms with Crippen molar-refractivity contribution in [3.8, 4) is 0 Å². The highest BCUT2D eigenvalue weighted by Crippen LogP contribution is 2.22. The lowest BCUT2D eigenvalue weighted by Crippen LogP contribution is -2.15. The molecule has 0 spiro atoms. The second kappa shape index (κ2) is 5.91. The number of nitrogen functional groups attached to an aromatic ring is 1. The summed E-state index contributed by atoms with van der Waals surface area (Å²) in [4.78, 5) is 11.6. The number of nitrogens with zero attached hydrogens (tertiary/aromatic N) is 2. The minimum atomic E-state index is -3.13. The smallest absolute Gasteiger partial charge is 0.345 e. The normalized spacial score (nSPS) is 11.3. The highest BCUT2D eigenvalue weighted by molar-refractivity contribution is 7.90. The Labute approximate surface area is 111 Å². The number of sulfone groups is 1. The van der Waals surface area contributed by atoms with Crippen LogP contribution in [0.5, 0.6) is 0 Å². The molecule has 0 unspecified atom stereocenters. The molecule has 0 aliphatic rings. The van der Waals surface area contributed by atoms with E-state index < -0.39 is 15.8 Å². The van der Waals surface area contributed by atoms with Gasteiger partial charge in [0, 0.05) is 12.8 Å². The van der Waals surface area contributed by atoms with E-state index in [1.165, 1.54) is 11.8 Å². The highest BCUT2D eigenvalue weighted by Gasteiger charge is 2.22. The first-order valence-corrected chi connectivity index (χ1v) is 7.72. The predicted octanol–water partition coefficient (Wildman–Crippen LogP) is -0.272. The Kier molecular flexibility index (Phi) is 4.76. The Morgan fingerprint density at radius 1 is 1.53 bits per heavy atom. The molecule has 0 atom stereocenters. The highest BCUT2D eigenvalue weighted by atomic mass is 32.2. The monoisotopic (exact) mass is 290 g/mol. The van der Waals surface area contributed by atoms with E-state index in [0.717, 1.165) is 6.26 Å². The molecule has 19 heavy (non-hydrogen) atoms. The summed E-state index contributed by atoms with van der Waals surface area (Å²) in [7, 11) is -1.89. The van der Waals surface area contributed by atoms with Gasteiger partial charge in [0.2, 0.25) is 0 Å². The van der Waals surface area contributed by atoms with Gasteiger partial charge in [-0.1, -0.05) is 0 Å². The lowest BCUT2D eigenvalue weighted by molar-refractivity contribution is 0.0603. The van der Waals surface area contributed by atoms with Crippen molar-refractivity contribution >= 4 is 27.4 Å². The van der Waals surface area contributed by atoms with Gasteiger partial charge in [-0.05, 0) is 6.92 Å². The predicted molar refractivity (Wildman–Crippen MR) is 71.9 cm³/mol. The number of esters is 1. The van der Waals surface area contributed by atoms with Crippen molar-refractivity contribution in [2.45, 2.75) is 13.5 Å². The molecule has 0 aromatic carbocycles. The molecule has 1 aromatic heterocycles. The second-order valence-corrected chi connectivity index (χ2v) is 6.24. The van der Waals surface area contributed by atoms with E-state index in [0.29, 0.717) is 12.4 Å². The SMILES string of the molecule is CCNc1nn(CCS(C)(=O)=O)c(N)c1C(=O)OC. The van der Waals surface area contributed by atoms with Gasteiger partial charge in [0.05, 0.1) is 19.4 Å². The van der Waals surface area contributed by atoms with Crippen molar-refractivity contribution in [2.75, 3.05) is 36.7 Å². The number of nitrogens with one attached hydrogen (secondary N) is 1. The fourth-order valence-corrected chi connectivity index (χ4v) is 2.00. The van der Waals surface area contributed by atoms with Gasteiger partial charge in [0.15, 0.2) is 5.82 Å². The van der Waals surface area contributed by atoms with Crippen LogP contribution >= 0.6 is 0 Å². The number of ether oxygens (including phenoxy) is 1. The number of hydrogen-bond donors (Lipinski definition) is 2. The molecule has 1 rings (SSSR count). The van der Waals surface area contributed by atoms with Gasteiger partial charge in [-0.15, -0.1) is 0 Å². The molecule has 1 aromatic rings. The Morgan fingerprint density at radius 2 is 2.16 bits per heavy atom. The number of nitrogens with two attached hydrogens (primary N) is 1. The summed E-state index contributed by atoms with van der Waals surface area (Å²) in [5.74, 6) is -0.337. The fraction of sp³-hybridized carbons (Fsp3) is 0.600. The van der Waals surface area contributed by atoms with Crippen LogP contribution in [0.3, 0.4) is 0 Å². The Morgan fingerprint density at radius 3 is 2.63 bits per heavy atom. The molecule has 0 fully saturated rings. The average Bonchev–Trinajstić information content (AvgIpc) is 2.62. The first-order chi connectivity index (χ1) is 8.80. The van der Waals surface area contributed by atoms with E-state index >= 15 is 0 Å². The van der Waals surface area contributed by atoms with E-state index in [2.05, 4.69) is 15.2 Å². The Hall–Kier alpha value is -1.77. The van der Waals surface area contributed by atoms with Gasteiger partial charge >= 0.3 is 5.97 Å². The zero-order valence-corrected chi connectivity index (χ0v) is 12.0. The van der Waals surface area contributed by atoms with Gasteiger partial charge in [-0.3, -0.25) is 0 Å². The van der Waals surface area contributed by atoms with Crippen LogP contribution in [0.4, 0.5) is 11.6 Å². The third-order valence-corrected chi connectivity index (χ3v) is 3.32. The lowest BCUT2D eigenvalue weighted by atomic mass is 10.3. The number of carbonyl (C=O) groups excluding carboxylic acids is 1. The summed E-state index contributed by atoms with van der Waals surface area (Å²) >= 11 is 0. The van der Waals surface area contributed by atoms with Gasteiger partial charge < -0.3 is 15.8 Å². The lowest BCUT2D eigenvalue weighted by Gasteiger charge is -2.03. The van der Waals surface area contributed by atoms with Crippen LogP contribution in [0, 0.1) is 0 Å². The van der Waals surface area contributed by atoms with Crippen molar-refractivity contribution in [3.63, 3.8) is 0 Å². The number of hydrogen-bond acceptors (Lipinski definition) is 7. The summed E-state index contributed by atoms with van der Waals surface area (Å²) in [6, 6.07) is 0. The first kappa shape index (κ1) is 15.3. The van der Waals surface area contributed by atoms with Gasteiger partial charge in [0.1, 0.15) is 21.2 Å². The quantitative estimate of drug-likeness (QED) is 0.692. The van der Waals surface area contributed by atoms with E-state index in [4.69, 9.17) is 5.73 Å². The van der Waals surface area contributed by atoms with Crippen molar-refractivity contribution in [1.29, 1.82) is 0 Å². The molecule has 0 aliphatic carbocycles. The molecular weight excluding hydrogens is 272 g/mol. The molecule has 0 amide bonds. The summed E-state index contributed by atoms with van der Waals surface area (Å²) in [6.07, 6.45) is 1.12. The number of methoxy groups -OCH3 is 1. The van der Waals surface area contributed by atoms with Crippen LogP contribution in [0.25, 0.3) is 0 Å². The first-order valence-electron chi connectivity index (χ1n) is 5.66. The molecule has 0 saturated carbocycles. The van der Waals surface area contributed by atoms with Crippen molar-refractivity contribution in [1.82, 2.24) is 9.78 Å². The topological polar surface area (TPSA) is 116 Å². The zero-order valence-electron chi connectivity index (χ0n) is 11.1. The molecule has 0 bridgehead atoms. The largest absolute Gasteiger partial charge is 0.465 e. The van der Waals surface area contributed by atoms with E-state index in [1.54, 1.807) is 0 Å². The fourth-order valence-electron chi connectivity index (χ4n) is 1.49. The number of anilines is 2. The van der Waals surface area contributed by atoms with Crippen molar-refractivity contribution < 1.29 is 17.9 Å². The maximum absolute atomic E-state index is 11.6. The van der Waals surface area contributed by atoms with Crippen LogP contribution < -0.4 is 11.1 Å².